The third-order valence-corrected chi connectivity index (χ3v) is 7.08. The normalized spacial score (nSPS) is 12.5. The Kier molecular flexibility index (Phi) is 9.48. The van der Waals surface area contributed by atoms with Crippen molar-refractivity contribution in [3.8, 4) is 0 Å². The summed E-state index contributed by atoms with van der Waals surface area (Å²) in [5.74, 6) is -0.674. The fourth-order valence-electron chi connectivity index (χ4n) is 4.22. The maximum Gasteiger partial charge on any atom is 0.416 e. The van der Waals surface area contributed by atoms with Gasteiger partial charge in [-0.25, -0.2) is 9.37 Å². The molecule has 0 saturated carbocycles. The van der Waals surface area contributed by atoms with Gasteiger partial charge in [0.25, 0.3) is 5.91 Å². The van der Waals surface area contributed by atoms with Gasteiger partial charge in [0.2, 0.25) is 0 Å². The summed E-state index contributed by atoms with van der Waals surface area (Å²) in [5.41, 5.74) is 1.62. The lowest BCUT2D eigenvalue weighted by Gasteiger charge is -2.22. The number of carbonyl (C=O) groups is 1. The van der Waals surface area contributed by atoms with E-state index in [4.69, 9.17) is 0 Å². The molecule has 1 N–H and O–H groups in total. The van der Waals surface area contributed by atoms with Gasteiger partial charge >= 0.3 is 6.18 Å². The number of nitrogens with zero attached hydrogens (tertiary/aromatic N) is 2. The smallest absolute Gasteiger partial charge is 0.348 e. The molecule has 4 aromatic rings. The number of aryl methyl sites for hydroxylation is 1. The van der Waals surface area contributed by atoms with Crippen LogP contribution in [0.2, 0.25) is 0 Å². The van der Waals surface area contributed by atoms with E-state index in [1.807, 2.05) is 42.2 Å². The average molecular weight is 556 g/mol. The van der Waals surface area contributed by atoms with E-state index in [1.165, 1.54) is 29.0 Å². The topological polar surface area (TPSA) is 45.2 Å². The zero-order valence-corrected chi connectivity index (χ0v) is 22.2. The number of alkyl halides is 3. The van der Waals surface area contributed by atoms with Gasteiger partial charge in [0, 0.05) is 30.1 Å². The molecule has 0 aliphatic heterocycles. The highest BCUT2D eigenvalue weighted by atomic mass is 32.1. The lowest BCUT2D eigenvalue weighted by atomic mass is 10.1. The Morgan fingerprint density at radius 3 is 2.41 bits per heavy atom. The van der Waals surface area contributed by atoms with Crippen molar-refractivity contribution >= 4 is 17.2 Å². The Labute approximate surface area is 229 Å². The predicted molar refractivity (Wildman–Crippen MR) is 145 cm³/mol. The van der Waals surface area contributed by atoms with Crippen LogP contribution in [0.15, 0.2) is 84.2 Å². The molecule has 1 heterocycles. The van der Waals surface area contributed by atoms with Crippen molar-refractivity contribution in [2.75, 3.05) is 0 Å². The SMILES string of the molecule is C[C@H](CCc1ccccc1)NC(=O)c1csc(CN(Cc2cccc(C(F)(F)F)c2)Cc2ccccc2F)n1. The fourth-order valence-corrected chi connectivity index (χ4v) is 5.03. The van der Waals surface area contributed by atoms with Gasteiger partial charge < -0.3 is 5.32 Å². The van der Waals surface area contributed by atoms with Gasteiger partial charge in [0.1, 0.15) is 16.5 Å². The first-order valence-corrected chi connectivity index (χ1v) is 13.5. The molecule has 0 aliphatic rings. The number of benzene rings is 3. The molecule has 0 unspecified atom stereocenters. The molecule has 1 amide bonds. The highest BCUT2D eigenvalue weighted by Crippen LogP contribution is 2.30. The van der Waals surface area contributed by atoms with Crippen LogP contribution >= 0.6 is 11.3 Å². The molecular formula is C30H29F4N3OS. The molecule has 4 nitrogen and oxygen atoms in total. The highest BCUT2D eigenvalue weighted by molar-refractivity contribution is 7.09. The summed E-state index contributed by atoms with van der Waals surface area (Å²) in [6, 6.07) is 21.4. The Morgan fingerprint density at radius 1 is 0.949 bits per heavy atom. The number of halogens is 4. The molecule has 0 aliphatic carbocycles. The standard InChI is InChI=1S/C30H29F4N3OS/c1-21(14-15-22-8-3-2-4-9-22)35-29(38)27-20-39-28(36-27)19-37(18-24-11-5-6-13-26(24)31)17-23-10-7-12-25(16-23)30(32,33)34/h2-13,16,20-21H,14-15,17-19H2,1H3,(H,35,38)/t21-/m1/s1. The van der Waals surface area contributed by atoms with E-state index >= 15 is 0 Å². The zero-order chi connectivity index (χ0) is 27.8. The second kappa shape index (κ2) is 13.0. The Bertz CT molecular complexity index is 1370. The summed E-state index contributed by atoms with van der Waals surface area (Å²) in [6.07, 6.45) is -2.84. The number of amides is 1. The molecule has 9 heteroatoms. The number of rotatable bonds is 11. The van der Waals surface area contributed by atoms with Gasteiger partial charge in [-0.2, -0.15) is 13.2 Å². The molecule has 0 radical (unpaired) electrons. The minimum atomic E-state index is -4.46. The molecule has 1 aromatic heterocycles. The molecule has 0 saturated heterocycles. The van der Waals surface area contributed by atoms with E-state index in [2.05, 4.69) is 10.3 Å². The molecule has 204 valence electrons. The number of nitrogens with one attached hydrogen (secondary N) is 1. The van der Waals surface area contributed by atoms with E-state index in [0.717, 1.165) is 25.0 Å². The number of carbonyl (C=O) groups excluding carboxylic acids is 1. The third kappa shape index (κ3) is 8.46. The predicted octanol–water partition coefficient (Wildman–Crippen LogP) is 7.25. The lowest BCUT2D eigenvalue weighted by molar-refractivity contribution is -0.137. The first kappa shape index (κ1) is 28.4. The third-order valence-electron chi connectivity index (χ3n) is 6.24. The van der Waals surface area contributed by atoms with E-state index in [1.54, 1.807) is 29.6 Å². The van der Waals surface area contributed by atoms with Crippen molar-refractivity contribution in [2.45, 2.75) is 51.6 Å². The minimum absolute atomic E-state index is 0.0543. The molecular weight excluding hydrogens is 526 g/mol. The second-order valence-corrected chi connectivity index (χ2v) is 10.4. The number of hydrogen-bond donors (Lipinski definition) is 1. The minimum Gasteiger partial charge on any atom is -0.348 e. The van der Waals surface area contributed by atoms with Crippen LogP contribution in [0.25, 0.3) is 0 Å². The number of hydrogen-bond acceptors (Lipinski definition) is 4. The molecule has 4 rings (SSSR count). The fraction of sp³-hybridized carbons (Fsp3) is 0.267. The van der Waals surface area contributed by atoms with Gasteiger partial charge in [-0.05, 0) is 43.0 Å². The molecule has 0 bridgehead atoms. The van der Waals surface area contributed by atoms with Crippen LogP contribution in [0.3, 0.4) is 0 Å². The molecule has 1 atom stereocenters. The lowest BCUT2D eigenvalue weighted by Crippen LogP contribution is -2.33. The van der Waals surface area contributed by atoms with Gasteiger partial charge in [-0.3, -0.25) is 9.69 Å². The monoisotopic (exact) mass is 555 g/mol. The van der Waals surface area contributed by atoms with Gasteiger partial charge in [0.15, 0.2) is 0 Å². The Morgan fingerprint density at radius 2 is 1.67 bits per heavy atom. The number of thiazole rings is 1. The Hall–Kier alpha value is -3.56. The second-order valence-electron chi connectivity index (χ2n) is 9.46. The maximum absolute atomic E-state index is 14.4. The summed E-state index contributed by atoms with van der Waals surface area (Å²) < 4.78 is 54.1. The largest absolute Gasteiger partial charge is 0.416 e. The molecule has 0 spiro atoms. The molecule has 0 fully saturated rings. The van der Waals surface area contributed by atoms with Gasteiger partial charge in [-0.15, -0.1) is 11.3 Å². The Balaban J connectivity index is 1.43. The van der Waals surface area contributed by atoms with E-state index in [9.17, 15) is 22.4 Å². The summed E-state index contributed by atoms with van der Waals surface area (Å²) in [5, 5.41) is 5.25. The van der Waals surface area contributed by atoms with Crippen LogP contribution in [0.5, 0.6) is 0 Å². The van der Waals surface area contributed by atoms with Crippen molar-refractivity contribution in [1.29, 1.82) is 0 Å². The van der Waals surface area contributed by atoms with Crippen molar-refractivity contribution in [3.63, 3.8) is 0 Å². The summed E-state index contributed by atoms with van der Waals surface area (Å²) in [7, 11) is 0. The highest BCUT2D eigenvalue weighted by Gasteiger charge is 2.30. The van der Waals surface area contributed by atoms with Crippen LogP contribution < -0.4 is 5.32 Å². The van der Waals surface area contributed by atoms with Crippen LogP contribution in [-0.2, 0) is 32.2 Å². The summed E-state index contributed by atoms with van der Waals surface area (Å²) >= 11 is 1.29. The zero-order valence-electron chi connectivity index (χ0n) is 21.4. The maximum atomic E-state index is 14.4. The van der Waals surface area contributed by atoms with Crippen LogP contribution in [0.1, 0.15) is 51.1 Å². The van der Waals surface area contributed by atoms with E-state index in [-0.39, 0.29) is 37.3 Å². The van der Waals surface area contributed by atoms with Crippen molar-refractivity contribution in [1.82, 2.24) is 15.2 Å². The first-order valence-electron chi connectivity index (χ1n) is 12.6. The van der Waals surface area contributed by atoms with E-state index < -0.39 is 17.6 Å². The van der Waals surface area contributed by atoms with Crippen LogP contribution in [0, 0.1) is 5.82 Å². The van der Waals surface area contributed by atoms with Crippen LogP contribution in [0.4, 0.5) is 17.6 Å². The van der Waals surface area contributed by atoms with Gasteiger partial charge in [-0.1, -0.05) is 66.7 Å². The molecule has 3 aromatic carbocycles. The average Bonchev–Trinajstić information content (AvgIpc) is 3.38. The van der Waals surface area contributed by atoms with Crippen LogP contribution in [-0.4, -0.2) is 21.8 Å². The van der Waals surface area contributed by atoms with Crippen molar-refractivity contribution in [3.05, 3.63) is 123 Å². The van der Waals surface area contributed by atoms with Crippen molar-refractivity contribution < 1.29 is 22.4 Å². The van der Waals surface area contributed by atoms with Crippen molar-refractivity contribution in [2.24, 2.45) is 0 Å². The summed E-state index contributed by atoms with van der Waals surface area (Å²) in [4.78, 5) is 19.1. The summed E-state index contributed by atoms with van der Waals surface area (Å²) in [6.45, 7) is 2.50. The molecule has 39 heavy (non-hydrogen) atoms. The quantitative estimate of drug-likeness (QED) is 0.198. The van der Waals surface area contributed by atoms with Gasteiger partial charge in [0.05, 0.1) is 12.1 Å². The van der Waals surface area contributed by atoms with E-state index in [0.29, 0.717) is 16.1 Å². The number of aromatic nitrogens is 1. The first-order chi connectivity index (χ1) is 18.7.